The maximum absolute atomic E-state index is 13.4. The van der Waals surface area contributed by atoms with Crippen LogP contribution in [0.1, 0.15) is 16.1 Å². The van der Waals surface area contributed by atoms with E-state index in [4.69, 9.17) is 22.4 Å². The first-order valence-electron chi connectivity index (χ1n) is 4.47. The molecule has 0 aliphatic rings. The molecule has 0 spiro atoms. The maximum Gasteiger partial charge on any atom is 0.355 e. The lowest BCUT2D eigenvalue weighted by Gasteiger charge is -2.06. The highest BCUT2D eigenvalue weighted by Gasteiger charge is 2.20. The second-order valence-electron chi connectivity index (χ2n) is 3.38. The molecule has 0 amide bonds. The van der Waals surface area contributed by atoms with E-state index in [-0.39, 0.29) is 27.8 Å². The number of nitrogen functional groups attached to an aromatic ring is 1. The zero-order valence-corrected chi connectivity index (χ0v) is 10.8. The molecule has 3 N–H and O–H groups in total. The predicted octanol–water partition coefficient (Wildman–Crippen LogP) is 2.00. The molecule has 17 heavy (non-hydrogen) atoms. The number of aromatic carboxylic acids is 1. The highest BCUT2D eigenvalue weighted by Crippen LogP contribution is 2.26. The van der Waals surface area contributed by atoms with Gasteiger partial charge in [0.15, 0.2) is 16.7 Å². The number of rotatable bonds is 3. The third kappa shape index (κ3) is 3.10. The average molecular weight is 278 g/mol. The highest BCUT2D eigenvalue weighted by atomic mass is 35.5. The molecule has 1 aromatic rings. The van der Waals surface area contributed by atoms with E-state index in [1.807, 2.05) is 12.5 Å². The molecule has 92 valence electrons. The van der Waals surface area contributed by atoms with Gasteiger partial charge in [0.25, 0.3) is 0 Å². The zero-order chi connectivity index (χ0) is 13.2. The van der Waals surface area contributed by atoms with E-state index in [9.17, 15) is 9.18 Å². The van der Waals surface area contributed by atoms with Crippen LogP contribution in [0.3, 0.4) is 0 Å². The van der Waals surface area contributed by atoms with Gasteiger partial charge in [-0.05, 0) is 6.08 Å². The molecule has 7 heteroatoms. The Hall–Kier alpha value is -1.27. The Morgan fingerprint density at radius 2 is 2.18 bits per heavy atom. The lowest BCUT2D eigenvalue weighted by molar-refractivity contribution is 0.0690. The number of anilines is 1. The SMILES string of the molecule is C[S+](C)/C=C/c1c(C(=O)O)nc(Cl)c(F)c1N. The Labute approximate surface area is 106 Å². The van der Waals surface area contributed by atoms with Crippen molar-refractivity contribution in [3.05, 3.63) is 27.6 Å². The Balaban J connectivity index is 3.44. The molecule has 0 radical (unpaired) electrons. The molecule has 1 rings (SSSR count). The Morgan fingerprint density at radius 1 is 1.59 bits per heavy atom. The summed E-state index contributed by atoms with van der Waals surface area (Å²) in [5, 5.41) is 10.1. The van der Waals surface area contributed by atoms with Crippen molar-refractivity contribution in [2.45, 2.75) is 0 Å². The van der Waals surface area contributed by atoms with Gasteiger partial charge < -0.3 is 10.8 Å². The lowest BCUT2D eigenvalue weighted by Crippen LogP contribution is -2.09. The van der Waals surface area contributed by atoms with Gasteiger partial charge in [0, 0.05) is 16.5 Å². The first-order chi connectivity index (χ1) is 7.84. The summed E-state index contributed by atoms with van der Waals surface area (Å²) >= 11 is 5.45. The standard InChI is InChI=1S/C10H10ClFN2O2S/c1-17(2)4-3-5-7(13)6(12)9(11)14-8(5)10(15)16/h3-4H,1-2H3,(H2-,13,14,15,16)/p+1/b4-3+. The molecule has 0 saturated heterocycles. The van der Waals surface area contributed by atoms with Gasteiger partial charge in [-0.3, -0.25) is 0 Å². The summed E-state index contributed by atoms with van der Waals surface area (Å²) in [5.74, 6) is -2.20. The first-order valence-corrected chi connectivity index (χ1v) is 6.95. The molecular formula is C10H11ClFN2O2S+. The Bertz CT molecular complexity index is 492. The number of hydrogen-bond acceptors (Lipinski definition) is 3. The van der Waals surface area contributed by atoms with Crippen LogP contribution in [-0.2, 0) is 10.9 Å². The fourth-order valence-corrected chi connectivity index (χ4v) is 1.69. The number of carboxylic acid groups (broad SMARTS) is 1. The predicted molar refractivity (Wildman–Crippen MR) is 68.8 cm³/mol. The summed E-state index contributed by atoms with van der Waals surface area (Å²) in [6, 6.07) is 0. The fraction of sp³-hybridized carbons (Fsp3) is 0.200. The Kier molecular flexibility index (Phi) is 4.36. The zero-order valence-electron chi connectivity index (χ0n) is 9.20. The summed E-state index contributed by atoms with van der Waals surface area (Å²) < 4.78 is 13.4. The van der Waals surface area contributed by atoms with E-state index in [1.165, 1.54) is 6.08 Å². The van der Waals surface area contributed by atoms with Crippen molar-refractivity contribution in [2.75, 3.05) is 18.2 Å². The van der Waals surface area contributed by atoms with Crippen LogP contribution < -0.4 is 5.73 Å². The van der Waals surface area contributed by atoms with Gasteiger partial charge in [-0.2, -0.15) is 0 Å². The molecule has 0 aliphatic carbocycles. The third-order valence-corrected chi connectivity index (χ3v) is 2.81. The summed E-state index contributed by atoms with van der Waals surface area (Å²) in [5.41, 5.74) is 4.89. The van der Waals surface area contributed by atoms with Crippen molar-refractivity contribution >= 4 is 40.2 Å². The van der Waals surface area contributed by atoms with Gasteiger partial charge in [-0.1, -0.05) is 11.6 Å². The molecular weight excluding hydrogens is 267 g/mol. The second kappa shape index (κ2) is 5.37. The number of nitrogens with two attached hydrogens (primary N) is 1. The number of carboxylic acids is 1. The molecule has 0 aliphatic heterocycles. The van der Waals surface area contributed by atoms with Gasteiger partial charge >= 0.3 is 5.97 Å². The third-order valence-electron chi connectivity index (χ3n) is 1.88. The molecule has 0 fully saturated rings. The van der Waals surface area contributed by atoms with E-state index >= 15 is 0 Å². The van der Waals surface area contributed by atoms with Crippen LogP contribution >= 0.6 is 11.6 Å². The second-order valence-corrected chi connectivity index (χ2v) is 5.77. The summed E-state index contributed by atoms with van der Waals surface area (Å²) in [7, 11) is -0.0700. The van der Waals surface area contributed by atoms with Crippen LogP contribution in [0, 0.1) is 5.82 Å². The summed E-state index contributed by atoms with van der Waals surface area (Å²) in [6.07, 6.45) is 5.30. The molecule has 0 aromatic carbocycles. The van der Waals surface area contributed by atoms with E-state index in [2.05, 4.69) is 4.98 Å². The number of pyridine rings is 1. The van der Waals surface area contributed by atoms with Crippen molar-refractivity contribution in [1.29, 1.82) is 0 Å². The van der Waals surface area contributed by atoms with Crippen molar-refractivity contribution in [2.24, 2.45) is 0 Å². The number of hydrogen-bond donors (Lipinski definition) is 2. The van der Waals surface area contributed by atoms with Crippen LogP contribution in [0.4, 0.5) is 10.1 Å². The number of nitrogens with zero attached hydrogens (tertiary/aromatic N) is 1. The van der Waals surface area contributed by atoms with Crippen molar-refractivity contribution in [1.82, 2.24) is 4.98 Å². The molecule has 4 nitrogen and oxygen atoms in total. The highest BCUT2D eigenvalue weighted by molar-refractivity contribution is 7.98. The molecule has 0 atom stereocenters. The number of carbonyl (C=O) groups is 1. The lowest BCUT2D eigenvalue weighted by atomic mass is 10.1. The van der Waals surface area contributed by atoms with E-state index < -0.39 is 16.9 Å². The maximum atomic E-state index is 13.4. The van der Waals surface area contributed by atoms with Gasteiger partial charge in [0.2, 0.25) is 0 Å². The molecule has 1 heterocycles. The van der Waals surface area contributed by atoms with Gasteiger partial charge in [-0.15, -0.1) is 0 Å². The van der Waals surface area contributed by atoms with Crippen molar-refractivity contribution in [3.8, 4) is 0 Å². The first kappa shape index (κ1) is 13.8. The van der Waals surface area contributed by atoms with E-state index in [0.717, 1.165) is 0 Å². The van der Waals surface area contributed by atoms with Crippen LogP contribution in [0.15, 0.2) is 5.41 Å². The molecule has 1 aromatic heterocycles. The van der Waals surface area contributed by atoms with Crippen molar-refractivity contribution in [3.63, 3.8) is 0 Å². The van der Waals surface area contributed by atoms with E-state index in [0.29, 0.717) is 0 Å². The van der Waals surface area contributed by atoms with E-state index in [1.54, 1.807) is 5.41 Å². The number of halogens is 2. The molecule has 0 bridgehead atoms. The monoisotopic (exact) mass is 277 g/mol. The smallest absolute Gasteiger partial charge is 0.355 e. The molecule has 0 saturated carbocycles. The number of aromatic nitrogens is 1. The van der Waals surface area contributed by atoms with Crippen LogP contribution in [-0.4, -0.2) is 28.6 Å². The van der Waals surface area contributed by atoms with Gasteiger partial charge in [-0.25, -0.2) is 14.2 Å². The van der Waals surface area contributed by atoms with Crippen LogP contribution in [0.2, 0.25) is 5.15 Å². The minimum absolute atomic E-state index is 0.0422. The minimum Gasteiger partial charge on any atom is -0.476 e. The normalized spacial score (nSPS) is 11.4. The Morgan fingerprint density at radius 3 is 2.65 bits per heavy atom. The minimum atomic E-state index is -1.30. The van der Waals surface area contributed by atoms with Crippen LogP contribution in [0.5, 0.6) is 0 Å². The summed E-state index contributed by atoms with van der Waals surface area (Å²) in [4.78, 5) is 14.4. The fourth-order valence-electron chi connectivity index (χ4n) is 1.10. The van der Waals surface area contributed by atoms with Crippen molar-refractivity contribution < 1.29 is 14.3 Å². The van der Waals surface area contributed by atoms with Gasteiger partial charge in [0.05, 0.1) is 5.69 Å². The topological polar surface area (TPSA) is 76.2 Å². The van der Waals surface area contributed by atoms with Gasteiger partial charge in [0.1, 0.15) is 17.9 Å². The van der Waals surface area contributed by atoms with Crippen LogP contribution in [0.25, 0.3) is 6.08 Å². The quantitative estimate of drug-likeness (QED) is 0.654. The largest absolute Gasteiger partial charge is 0.476 e. The summed E-state index contributed by atoms with van der Waals surface area (Å²) in [6.45, 7) is 0. The average Bonchev–Trinajstić information content (AvgIpc) is 2.23. The molecule has 0 unspecified atom stereocenters.